The molecule has 0 aliphatic carbocycles. The van der Waals surface area contributed by atoms with Crippen LogP contribution < -0.4 is 0 Å². The number of hydroxylamine groups is 2. The Labute approximate surface area is 65.1 Å². The van der Waals surface area contributed by atoms with Crippen molar-refractivity contribution in [2.24, 2.45) is 0 Å². The minimum absolute atomic E-state index is 0.0300. The van der Waals surface area contributed by atoms with Gasteiger partial charge in [0.1, 0.15) is 12.8 Å². The maximum Gasteiger partial charge on any atom is 0.249 e. The van der Waals surface area contributed by atoms with Gasteiger partial charge in [-0.05, 0) is 13.8 Å². The van der Waals surface area contributed by atoms with E-state index in [0.717, 1.165) is 5.06 Å². The van der Waals surface area contributed by atoms with Crippen molar-refractivity contribution in [2.75, 3.05) is 6.54 Å². The van der Waals surface area contributed by atoms with Crippen molar-refractivity contribution in [3.63, 3.8) is 0 Å². The number of carbonyl (C=O) groups excluding carboxylic acids is 2. The van der Waals surface area contributed by atoms with E-state index in [-0.39, 0.29) is 12.5 Å². The lowest BCUT2D eigenvalue weighted by atomic mass is 10.1. The van der Waals surface area contributed by atoms with E-state index in [1.807, 2.05) is 13.8 Å². The highest BCUT2D eigenvalue weighted by Crippen LogP contribution is 2.24. The third-order valence-corrected chi connectivity index (χ3v) is 1.45. The standard InChI is InChI=1S/C7H11NO3/c1-7(2)5-6(10)8(11-7)3-4-9/h4H,3,5H2,1-2H3. The number of hydrogen-bond donors (Lipinski definition) is 0. The van der Waals surface area contributed by atoms with Gasteiger partial charge in [-0.25, -0.2) is 5.06 Å². The van der Waals surface area contributed by atoms with Gasteiger partial charge >= 0.3 is 0 Å². The van der Waals surface area contributed by atoms with Crippen LogP contribution in [0.3, 0.4) is 0 Å². The summed E-state index contributed by atoms with van der Waals surface area (Å²) in [6, 6.07) is 0. The number of aldehydes is 1. The van der Waals surface area contributed by atoms with Crippen molar-refractivity contribution in [2.45, 2.75) is 25.9 Å². The third-order valence-electron chi connectivity index (χ3n) is 1.45. The highest BCUT2D eigenvalue weighted by Gasteiger charge is 2.36. The number of carbonyl (C=O) groups is 2. The summed E-state index contributed by atoms with van der Waals surface area (Å²) in [5.74, 6) is -0.123. The van der Waals surface area contributed by atoms with E-state index in [2.05, 4.69) is 0 Å². The lowest BCUT2D eigenvalue weighted by Crippen LogP contribution is -2.27. The zero-order valence-electron chi connectivity index (χ0n) is 6.66. The van der Waals surface area contributed by atoms with Crippen LogP contribution in [0.1, 0.15) is 20.3 Å². The smallest absolute Gasteiger partial charge is 0.249 e. The molecule has 1 amide bonds. The van der Waals surface area contributed by atoms with Crippen LogP contribution in [0, 0.1) is 0 Å². The summed E-state index contributed by atoms with van der Waals surface area (Å²) in [6.45, 7) is 3.66. The lowest BCUT2D eigenvalue weighted by Gasteiger charge is -2.17. The molecule has 1 heterocycles. The van der Waals surface area contributed by atoms with Gasteiger partial charge in [0, 0.05) is 0 Å². The van der Waals surface area contributed by atoms with Crippen LogP contribution in [0.4, 0.5) is 0 Å². The largest absolute Gasteiger partial charge is 0.301 e. The monoisotopic (exact) mass is 157 g/mol. The average molecular weight is 157 g/mol. The van der Waals surface area contributed by atoms with E-state index in [9.17, 15) is 9.59 Å². The maximum atomic E-state index is 11.0. The van der Waals surface area contributed by atoms with Crippen LogP contribution in [0.25, 0.3) is 0 Å². The van der Waals surface area contributed by atoms with E-state index in [1.54, 1.807) is 0 Å². The van der Waals surface area contributed by atoms with Gasteiger partial charge in [-0.3, -0.25) is 9.63 Å². The molecule has 4 heteroatoms. The third kappa shape index (κ3) is 1.77. The summed E-state index contributed by atoms with van der Waals surface area (Å²) in [5, 5.41) is 1.10. The van der Waals surface area contributed by atoms with Gasteiger partial charge in [0.25, 0.3) is 0 Å². The lowest BCUT2D eigenvalue weighted by molar-refractivity contribution is -0.189. The normalized spacial score (nSPS) is 22.4. The van der Waals surface area contributed by atoms with Gasteiger partial charge in [-0.15, -0.1) is 0 Å². The zero-order valence-corrected chi connectivity index (χ0v) is 6.66. The van der Waals surface area contributed by atoms with Gasteiger partial charge in [0.15, 0.2) is 0 Å². The van der Waals surface area contributed by atoms with Crippen molar-refractivity contribution in [3.8, 4) is 0 Å². The number of amides is 1. The summed E-state index contributed by atoms with van der Waals surface area (Å²) < 4.78 is 0. The summed E-state index contributed by atoms with van der Waals surface area (Å²) >= 11 is 0. The number of nitrogens with zero attached hydrogens (tertiary/aromatic N) is 1. The van der Waals surface area contributed by atoms with E-state index >= 15 is 0 Å². The Balaban J connectivity index is 2.59. The number of rotatable bonds is 2. The molecule has 0 N–H and O–H groups in total. The average Bonchev–Trinajstić information content (AvgIpc) is 2.07. The van der Waals surface area contributed by atoms with Gasteiger partial charge in [-0.2, -0.15) is 0 Å². The molecule has 1 fully saturated rings. The first-order valence-electron chi connectivity index (χ1n) is 3.48. The highest BCUT2D eigenvalue weighted by atomic mass is 16.7. The molecule has 1 aliphatic rings. The molecular formula is C7H11NO3. The Hall–Kier alpha value is -0.900. The summed E-state index contributed by atoms with van der Waals surface area (Å²) in [4.78, 5) is 26.2. The topological polar surface area (TPSA) is 46.6 Å². The van der Waals surface area contributed by atoms with Crippen LogP contribution in [0.5, 0.6) is 0 Å². The van der Waals surface area contributed by atoms with E-state index in [4.69, 9.17) is 4.84 Å². The van der Waals surface area contributed by atoms with Gasteiger partial charge < -0.3 is 4.79 Å². The minimum Gasteiger partial charge on any atom is -0.301 e. The summed E-state index contributed by atoms with van der Waals surface area (Å²) in [5.41, 5.74) is -0.444. The molecule has 0 atom stereocenters. The zero-order chi connectivity index (χ0) is 8.48. The molecule has 0 aromatic heterocycles. The van der Waals surface area contributed by atoms with Crippen LogP contribution in [-0.2, 0) is 14.4 Å². The summed E-state index contributed by atoms with van der Waals surface area (Å²) in [6.07, 6.45) is 1.00. The van der Waals surface area contributed by atoms with E-state index in [1.165, 1.54) is 0 Å². The molecule has 0 unspecified atom stereocenters. The van der Waals surface area contributed by atoms with Crippen molar-refractivity contribution in [3.05, 3.63) is 0 Å². The second-order valence-corrected chi connectivity index (χ2v) is 3.15. The molecule has 0 aromatic rings. The fourth-order valence-electron chi connectivity index (χ4n) is 1.04. The van der Waals surface area contributed by atoms with Crippen molar-refractivity contribution in [1.82, 2.24) is 5.06 Å². The fourth-order valence-corrected chi connectivity index (χ4v) is 1.04. The molecule has 0 aromatic carbocycles. The molecule has 0 bridgehead atoms. The molecule has 0 saturated carbocycles. The molecule has 1 saturated heterocycles. The van der Waals surface area contributed by atoms with Crippen molar-refractivity contribution >= 4 is 12.2 Å². The summed E-state index contributed by atoms with van der Waals surface area (Å²) in [7, 11) is 0. The molecule has 11 heavy (non-hydrogen) atoms. The fraction of sp³-hybridized carbons (Fsp3) is 0.714. The van der Waals surface area contributed by atoms with Crippen LogP contribution >= 0.6 is 0 Å². The minimum atomic E-state index is -0.444. The molecule has 0 spiro atoms. The molecule has 1 aliphatic heterocycles. The molecule has 1 rings (SSSR count). The molecule has 4 nitrogen and oxygen atoms in total. The Bertz CT molecular complexity index is 188. The first-order valence-corrected chi connectivity index (χ1v) is 3.48. The Morgan fingerprint density at radius 3 is 2.73 bits per heavy atom. The van der Waals surface area contributed by atoms with Gasteiger partial charge in [0.2, 0.25) is 5.91 Å². The van der Waals surface area contributed by atoms with Gasteiger partial charge in [-0.1, -0.05) is 0 Å². The van der Waals surface area contributed by atoms with E-state index < -0.39 is 5.60 Å². The Kier molecular flexibility index (Phi) is 1.95. The number of hydrogen-bond acceptors (Lipinski definition) is 3. The van der Waals surface area contributed by atoms with Gasteiger partial charge in [0.05, 0.1) is 12.0 Å². The Morgan fingerprint density at radius 1 is 1.73 bits per heavy atom. The van der Waals surface area contributed by atoms with Crippen LogP contribution in [0.15, 0.2) is 0 Å². The van der Waals surface area contributed by atoms with Crippen molar-refractivity contribution in [1.29, 1.82) is 0 Å². The maximum absolute atomic E-state index is 11.0. The predicted molar refractivity (Wildman–Crippen MR) is 37.6 cm³/mol. The quantitative estimate of drug-likeness (QED) is 0.535. The van der Waals surface area contributed by atoms with Crippen LogP contribution in [-0.4, -0.2) is 29.4 Å². The molecular weight excluding hydrogens is 146 g/mol. The second kappa shape index (κ2) is 2.62. The second-order valence-electron chi connectivity index (χ2n) is 3.15. The van der Waals surface area contributed by atoms with E-state index in [0.29, 0.717) is 12.7 Å². The first-order chi connectivity index (χ1) is 5.05. The highest BCUT2D eigenvalue weighted by molar-refractivity contribution is 5.79. The predicted octanol–water partition coefficient (Wildman–Crippen LogP) is 0.128. The molecule has 62 valence electrons. The molecule has 0 radical (unpaired) electrons. The SMILES string of the molecule is CC1(C)CC(=O)N(CC=O)O1. The Morgan fingerprint density at radius 2 is 2.36 bits per heavy atom. The van der Waals surface area contributed by atoms with Crippen LogP contribution in [0.2, 0.25) is 0 Å². The van der Waals surface area contributed by atoms with Crippen molar-refractivity contribution < 1.29 is 14.4 Å². The first kappa shape index (κ1) is 8.20.